The lowest BCUT2D eigenvalue weighted by molar-refractivity contribution is -0.384. The van der Waals surface area contributed by atoms with Gasteiger partial charge in [0, 0.05) is 31.6 Å². The van der Waals surface area contributed by atoms with Crippen LogP contribution in [0, 0.1) is 15.9 Å². The second kappa shape index (κ2) is 4.84. The molecule has 19 heavy (non-hydrogen) atoms. The van der Waals surface area contributed by atoms with E-state index in [-0.39, 0.29) is 17.2 Å². The van der Waals surface area contributed by atoms with Crippen LogP contribution in [0.5, 0.6) is 0 Å². The summed E-state index contributed by atoms with van der Waals surface area (Å²) in [4.78, 5) is 25.7. The maximum Gasteiger partial charge on any atom is 0.292 e. The van der Waals surface area contributed by atoms with Gasteiger partial charge in [-0.05, 0) is 6.07 Å². The summed E-state index contributed by atoms with van der Waals surface area (Å²) in [5, 5.41) is 13.1. The maximum atomic E-state index is 13.1. The van der Waals surface area contributed by atoms with Crippen molar-refractivity contribution < 1.29 is 14.1 Å². The number of nitrogens with zero attached hydrogens (tertiary/aromatic N) is 3. The van der Waals surface area contributed by atoms with Crippen molar-refractivity contribution >= 4 is 17.3 Å². The minimum atomic E-state index is -0.701. The van der Waals surface area contributed by atoms with Crippen LogP contribution in [0.25, 0.3) is 0 Å². The molecule has 0 bridgehead atoms. The van der Waals surface area contributed by atoms with E-state index in [0.717, 1.165) is 18.2 Å². The molecule has 0 aliphatic heterocycles. The number of aryl methyl sites for hydroxylation is 1. The van der Waals surface area contributed by atoms with E-state index in [1.165, 1.54) is 10.8 Å². The zero-order valence-electron chi connectivity index (χ0n) is 9.83. The Morgan fingerprint density at radius 2 is 2.26 bits per heavy atom. The minimum absolute atomic E-state index is 0.0681. The van der Waals surface area contributed by atoms with Crippen molar-refractivity contribution in [3.05, 3.63) is 52.3 Å². The predicted molar refractivity (Wildman–Crippen MR) is 64.2 cm³/mol. The van der Waals surface area contributed by atoms with Crippen molar-refractivity contribution in [2.75, 3.05) is 5.32 Å². The summed E-state index contributed by atoms with van der Waals surface area (Å²) in [7, 11) is 1.60. The zero-order chi connectivity index (χ0) is 14.0. The van der Waals surface area contributed by atoms with Crippen LogP contribution in [0.4, 0.5) is 15.8 Å². The monoisotopic (exact) mass is 264 g/mol. The molecule has 1 N–H and O–H groups in total. The number of amides is 1. The molecule has 1 amide bonds. The maximum absolute atomic E-state index is 13.1. The molecule has 7 nitrogen and oxygen atoms in total. The Bertz CT molecular complexity index is 653. The van der Waals surface area contributed by atoms with E-state index in [4.69, 9.17) is 0 Å². The van der Waals surface area contributed by atoms with Crippen molar-refractivity contribution in [2.24, 2.45) is 7.05 Å². The van der Waals surface area contributed by atoms with Gasteiger partial charge < -0.3 is 9.88 Å². The van der Waals surface area contributed by atoms with E-state index in [9.17, 15) is 19.3 Å². The molecule has 0 radical (unpaired) electrons. The Labute approximate surface area is 106 Å². The number of carbonyl (C=O) groups excluding carboxylic acids is 1. The number of imidazole rings is 1. The van der Waals surface area contributed by atoms with Crippen LogP contribution in [0.2, 0.25) is 0 Å². The lowest BCUT2D eigenvalue weighted by Gasteiger charge is -2.05. The first-order valence-electron chi connectivity index (χ1n) is 5.21. The van der Waals surface area contributed by atoms with Crippen molar-refractivity contribution in [3.63, 3.8) is 0 Å². The molecule has 0 atom stereocenters. The molecule has 0 fully saturated rings. The molecule has 8 heteroatoms. The fourth-order valence-corrected chi connectivity index (χ4v) is 1.53. The van der Waals surface area contributed by atoms with E-state index in [1.807, 2.05) is 0 Å². The number of nitro groups is 1. The van der Waals surface area contributed by atoms with Gasteiger partial charge in [0.2, 0.25) is 0 Å². The molecular formula is C11H9FN4O3. The van der Waals surface area contributed by atoms with Gasteiger partial charge in [0.25, 0.3) is 11.6 Å². The number of rotatable bonds is 3. The second-order valence-electron chi connectivity index (χ2n) is 3.73. The number of benzene rings is 1. The van der Waals surface area contributed by atoms with E-state index >= 15 is 0 Å². The van der Waals surface area contributed by atoms with E-state index in [0.29, 0.717) is 0 Å². The van der Waals surface area contributed by atoms with Gasteiger partial charge in [-0.2, -0.15) is 0 Å². The number of nitrogens with one attached hydrogen (secondary N) is 1. The van der Waals surface area contributed by atoms with Crippen LogP contribution in [-0.4, -0.2) is 20.4 Å². The fourth-order valence-electron chi connectivity index (χ4n) is 1.53. The first-order chi connectivity index (χ1) is 8.99. The van der Waals surface area contributed by atoms with Gasteiger partial charge in [-0.15, -0.1) is 0 Å². The van der Waals surface area contributed by atoms with Crippen molar-refractivity contribution in [2.45, 2.75) is 0 Å². The summed E-state index contributed by atoms with van der Waals surface area (Å²) < 4.78 is 14.5. The van der Waals surface area contributed by atoms with Crippen LogP contribution in [0.3, 0.4) is 0 Å². The molecule has 0 aliphatic carbocycles. The lowest BCUT2D eigenvalue weighted by atomic mass is 10.2. The van der Waals surface area contributed by atoms with Crippen molar-refractivity contribution in [1.82, 2.24) is 9.55 Å². The summed E-state index contributed by atoms with van der Waals surface area (Å²) in [5.41, 5.74) is -0.595. The highest BCUT2D eigenvalue weighted by Crippen LogP contribution is 2.25. The molecule has 98 valence electrons. The number of carbonyl (C=O) groups is 1. The Morgan fingerprint density at radius 1 is 1.53 bits per heavy atom. The van der Waals surface area contributed by atoms with Gasteiger partial charge in [-0.25, -0.2) is 9.37 Å². The van der Waals surface area contributed by atoms with Gasteiger partial charge in [0.05, 0.1) is 4.92 Å². The SMILES string of the molecule is Cn1ccnc1C(=O)Nc1cc(F)ccc1[N+](=O)[O-]. The highest BCUT2D eigenvalue weighted by Gasteiger charge is 2.19. The smallest absolute Gasteiger partial charge is 0.292 e. The molecule has 1 aromatic heterocycles. The van der Waals surface area contributed by atoms with Crippen LogP contribution in [-0.2, 0) is 7.05 Å². The Hall–Kier alpha value is -2.77. The molecule has 1 aromatic carbocycles. The summed E-state index contributed by atoms with van der Waals surface area (Å²) in [6.07, 6.45) is 2.96. The average molecular weight is 264 g/mol. The third kappa shape index (κ3) is 2.57. The summed E-state index contributed by atoms with van der Waals surface area (Å²) in [5.74, 6) is -1.26. The number of hydrogen-bond donors (Lipinski definition) is 1. The first kappa shape index (κ1) is 12.7. The van der Waals surface area contributed by atoms with Crippen LogP contribution in [0.1, 0.15) is 10.6 Å². The topological polar surface area (TPSA) is 90.1 Å². The highest BCUT2D eigenvalue weighted by atomic mass is 19.1. The van der Waals surface area contributed by atoms with Gasteiger partial charge in [-0.3, -0.25) is 14.9 Å². The van der Waals surface area contributed by atoms with Crippen LogP contribution < -0.4 is 5.32 Å². The third-order valence-electron chi connectivity index (χ3n) is 2.43. The van der Waals surface area contributed by atoms with Gasteiger partial charge in [0.15, 0.2) is 5.82 Å². The molecule has 0 aliphatic rings. The molecule has 1 heterocycles. The minimum Gasteiger partial charge on any atom is -0.330 e. The largest absolute Gasteiger partial charge is 0.330 e. The molecule has 2 aromatic rings. The number of anilines is 1. The molecule has 2 rings (SSSR count). The molecule has 0 saturated carbocycles. The highest BCUT2D eigenvalue weighted by molar-refractivity contribution is 6.03. The molecule has 0 saturated heterocycles. The lowest BCUT2D eigenvalue weighted by Crippen LogP contribution is -2.17. The Morgan fingerprint density at radius 3 is 2.84 bits per heavy atom. The summed E-state index contributed by atoms with van der Waals surface area (Å²) in [6.45, 7) is 0. The standard InChI is InChI=1S/C11H9FN4O3/c1-15-5-4-13-10(15)11(17)14-8-6-7(12)2-3-9(8)16(18)19/h2-6H,1H3,(H,14,17). The summed E-state index contributed by atoms with van der Waals surface area (Å²) >= 11 is 0. The quantitative estimate of drug-likeness (QED) is 0.675. The zero-order valence-corrected chi connectivity index (χ0v) is 9.83. The molecular weight excluding hydrogens is 255 g/mol. The molecule has 0 spiro atoms. The number of aromatic nitrogens is 2. The average Bonchev–Trinajstić information content (AvgIpc) is 2.75. The number of nitro benzene ring substituents is 1. The van der Waals surface area contributed by atoms with Crippen LogP contribution in [0.15, 0.2) is 30.6 Å². The van der Waals surface area contributed by atoms with Crippen LogP contribution >= 0.6 is 0 Å². The van der Waals surface area contributed by atoms with E-state index in [2.05, 4.69) is 10.3 Å². The number of hydrogen-bond acceptors (Lipinski definition) is 4. The first-order valence-corrected chi connectivity index (χ1v) is 5.21. The van der Waals surface area contributed by atoms with E-state index in [1.54, 1.807) is 13.2 Å². The molecule has 0 unspecified atom stereocenters. The third-order valence-corrected chi connectivity index (χ3v) is 2.43. The second-order valence-corrected chi connectivity index (χ2v) is 3.73. The van der Waals surface area contributed by atoms with Gasteiger partial charge in [0.1, 0.15) is 11.5 Å². The fraction of sp³-hybridized carbons (Fsp3) is 0.0909. The Kier molecular flexibility index (Phi) is 3.23. The normalized spacial score (nSPS) is 10.2. The van der Waals surface area contributed by atoms with Gasteiger partial charge >= 0.3 is 0 Å². The van der Waals surface area contributed by atoms with Crippen molar-refractivity contribution in [1.29, 1.82) is 0 Å². The van der Waals surface area contributed by atoms with Gasteiger partial charge in [-0.1, -0.05) is 0 Å². The summed E-state index contributed by atoms with van der Waals surface area (Å²) in [6, 6.07) is 2.83. The van der Waals surface area contributed by atoms with Crippen molar-refractivity contribution in [3.8, 4) is 0 Å². The van der Waals surface area contributed by atoms with E-state index < -0.39 is 16.6 Å². The number of halogens is 1. The predicted octanol–water partition coefficient (Wildman–Crippen LogP) is 1.72. The Balaban J connectivity index is 2.33.